The molecule has 0 aromatic heterocycles. The van der Waals surface area contributed by atoms with Gasteiger partial charge in [-0.05, 0) is 45.7 Å². The summed E-state index contributed by atoms with van der Waals surface area (Å²) in [5, 5.41) is 10.0. The average molecular weight is 265 g/mol. The van der Waals surface area contributed by atoms with Gasteiger partial charge in [-0.25, -0.2) is 0 Å². The van der Waals surface area contributed by atoms with Gasteiger partial charge in [0.1, 0.15) is 6.10 Å². The van der Waals surface area contributed by atoms with Crippen LogP contribution in [0.5, 0.6) is 0 Å². The summed E-state index contributed by atoms with van der Waals surface area (Å²) in [6.07, 6.45) is 0.753. The van der Waals surface area contributed by atoms with E-state index < -0.39 is 29.0 Å². The van der Waals surface area contributed by atoms with Crippen LogP contribution in [0.25, 0.3) is 0 Å². The molecule has 0 amide bonds. The Morgan fingerprint density at radius 1 is 0.938 bits per heavy atom. The van der Waals surface area contributed by atoms with E-state index in [1.54, 1.807) is 0 Å². The molecule has 0 aromatic rings. The number of hydrogen-bond acceptors (Lipinski definition) is 3. The summed E-state index contributed by atoms with van der Waals surface area (Å²) in [6.45, 7) is 14.8. The standard InChI is InChI=1S/C11H28O3Si2/c1-8-9-10(12)11(13-15(2,3)4)14-16(5,6)7/h10-12H,8-9H2,1-7H3. The second-order valence-corrected chi connectivity index (χ2v) is 15.1. The minimum atomic E-state index is -1.67. The van der Waals surface area contributed by atoms with Crippen LogP contribution in [0.15, 0.2) is 0 Å². The fraction of sp³-hybridized carbons (Fsp3) is 1.00. The molecule has 98 valence electrons. The lowest BCUT2D eigenvalue weighted by molar-refractivity contribution is -0.0985. The molecule has 0 aliphatic carbocycles. The Balaban J connectivity index is 4.51. The number of aliphatic hydroxyl groups excluding tert-OH is 1. The van der Waals surface area contributed by atoms with E-state index in [1.807, 2.05) is 0 Å². The van der Waals surface area contributed by atoms with E-state index >= 15 is 0 Å². The molecule has 3 nitrogen and oxygen atoms in total. The van der Waals surface area contributed by atoms with Crippen LogP contribution in [0, 0.1) is 0 Å². The van der Waals surface area contributed by atoms with Crippen molar-refractivity contribution in [3.05, 3.63) is 0 Å². The Morgan fingerprint density at radius 2 is 1.31 bits per heavy atom. The smallest absolute Gasteiger partial charge is 0.187 e. The lowest BCUT2D eigenvalue weighted by Gasteiger charge is -2.34. The summed E-state index contributed by atoms with van der Waals surface area (Å²) in [5.74, 6) is 0. The van der Waals surface area contributed by atoms with E-state index in [-0.39, 0.29) is 0 Å². The van der Waals surface area contributed by atoms with E-state index in [2.05, 4.69) is 46.2 Å². The SMILES string of the molecule is CCCC(O)C(O[Si](C)(C)C)O[Si](C)(C)C. The minimum absolute atomic E-state index is 0.432. The molecule has 0 saturated heterocycles. The van der Waals surface area contributed by atoms with Gasteiger partial charge in [0.2, 0.25) is 0 Å². The molecule has 1 unspecified atom stereocenters. The summed E-state index contributed by atoms with van der Waals surface area (Å²) < 4.78 is 11.9. The average Bonchev–Trinajstić information content (AvgIpc) is 1.97. The van der Waals surface area contributed by atoms with Crippen molar-refractivity contribution in [2.45, 2.75) is 71.4 Å². The Hall–Kier alpha value is 0.314. The predicted octanol–water partition coefficient (Wildman–Crippen LogP) is 3.18. The van der Waals surface area contributed by atoms with Crippen LogP contribution in [0.3, 0.4) is 0 Å². The Morgan fingerprint density at radius 3 is 1.56 bits per heavy atom. The molecule has 0 saturated carbocycles. The highest BCUT2D eigenvalue weighted by Gasteiger charge is 2.31. The van der Waals surface area contributed by atoms with Gasteiger partial charge in [-0.2, -0.15) is 0 Å². The molecule has 0 aliphatic rings. The summed E-state index contributed by atoms with van der Waals surface area (Å²) in [7, 11) is -3.35. The van der Waals surface area contributed by atoms with Gasteiger partial charge in [-0.15, -0.1) is 0 Å². The Kier molecular flexibility index (Phi) is 6.43. The zero-order valence-corrected chi connectivity index (χ0v) is 13.8. The van der Waals surface area contributed by atoms with Gasteiger partial charge in [0.25, 0.3) is 0 Å². The highest BCUT2D eigenvalue weighted by atomic mass is 28.4. The van der Waals surface area contributed by atoms with Gasteiger partial charge in [-0.1, -0.05) is 13.3 Å². The number of aliphatic hydroxyl groups is 1. The van der Waals surface area contributed by atoms with Gasteiger partial charge in [0, 0.05) is 0 Å². The maximum Gasteiger partial charge on any atom is 0.187 e. The molecule has 0 fully saturated rings. The zero-order valence-electron chi connectivity index (χ0n) is 11.8. The van der Waals surface area contributed by atoms with Crippen molar-refractivity contribution in [3.63, 3.8) is 0 Å². The van der Waals surface area contributed by atoms with Crippen molar-refractivity contribution in [1.82, 2.24) is 0 Å². The second kappa shape index (κ2) is 6.30. The molecular weight excluding hydrogens is 236 g/mol. The summed E-state index contributed by atoms with van der Waals surface area (Å²) in [4.78, 5) is 0. The quantitative estimate of drug-likeness (QED) is 0.567. The van der Waals surface area contributed by atoms with Gasteiger partial charge in [-0.3, -0.25) is 0 Å². The molecule has 0 rings (SSSR count). The maximum absolute atomic E-state index is 10.0. The van der Waals surface area contributed by atoms with E-state index in [1.165, 1.54) is 0 Å². The van der Waals surface area contributed by atoms with Gasteiger partial charge >= 0.3 is 0 Å². The normalized spacial score (nSPS) is 15.6. The molecule has 5 heteroatoms. The number of hydrogen-bond donors (Lipinski definition) is 1. The molecule has 1 atom stereocenters. The molecular formula is C11H28O3Si2. The molecule has 0 spiro atoms. The van der Waals surface area contributed by atoms with Crippen LogP contribution in [-0.4, -0.2) is 34.1 Å². The molecule has 16 heavy (non-hydrogen) atoms. The molecule has 0 aliphatic heterocycles. The third kappa shape index (κ3) is 8.46. The fourth-order valence-corrected chi connectivity index (χ4v) is 3.21. The van der Waals surface area contributed by atoms with E-state index in [0.29, 0.717) is 0 Å². The topological polar surface area (TPSA) is 38.7 Å². The van der Waals surface area contributed by atoms with Crippen molar-refractivity contribution in [3.8, 4) is 0 Å². The van der Waals surface area contributed by atoms with Crippen LogP contribution in [0.2, 0.25) is 39.3 Å². The largest absolute Gasteiger partial charge is 0.392 e. The van der Waals surface area contributed by atoms with Crippen LogP contribution >= 0.6 is 0 Å². The monoisotopic (exact) mass is 264 g/mol. The summed E-state index contributed by atoms with van der Waals surface area (Å²) in [5.41, 5.74) is 0. The van der Waals surface area contributed by atoms with Gasteiger partial charge in [0.15, 0.2) is 22.9 Å². The second-order valence-electron chi connectivity index (χ2n) is 6.18. The first kappa shape index (κ1) is 16.3. The predicted molar refractivity (Wildman–Crippen MR) is 73.6 cm³/mol. The summed E-state index contributed by atoms with van der Waals surface area (Å²) in [6, 6.07) is 0. The lowest BCUT2D eigenvalue weighted by atomic mass is 10.2. The Bertz CT molecular complexity index is 180. The molecule has 0 bridgehead atoms. The van der Waals surface area contributed by atoms with E-state index in [4.69, 9.17) is 8.85 Å². The van der Waals surface area contributed by atoms with Crippen molar-refractivity contribution in [1.29, 1.82) is 0 Å². The van der Waals surface area contributed by atoms with Crippen molar-refractivity contribution < 1.29 is 14.0 Å². The van der Waals surface area contributed by atoms with Crippen molar-refractivity contribution in [2.75, 3.05) is 0 Å². The van der Waals surface area contributed by atoms with Crippen LogP contribution in [0.4, 0.5) is 0 Å². The summed E-state index contributed by atoms with van der Waals surface area (Å²) >= 11 is 0. The van der Waals surface area contributed by atoms with Gasteiger partial charge < -0.3 is 14.0 Å². The highest BCUT2D eigenvalue weighted by molar-refractivity contribution is 6.70. The lowest BCUT2D eigenvalue weighted by Crippen LogP contribution is -2.45. The highest BCUT2D eigenvalue weighted by Crippen LogP contribution is 2.18. The zero-order chi connectivity index (χ0) is 13.0. The first-order valence-electron chi connectivity index (χ1n) is 6.09. The number of rotatable bonds is 7. The minimum Gasteiger partial charge on any atom is -0.392 e. The maximum atomic E-state index is 10.0. The molecule has 0 aromatic carbocycles. The molecule has 1 N–H and O–H groups in total. The third-order valence-corrected chi connectivity index (χ3v) is 3.72. The first-order chi connectivity index (χ1) is 7.05. The fourth-order valence-electron chi connectivity index (χ4n) is 1.31. The Labute approximate surface area is 102 Å². The third-order valence-electron chi connectivity index (χ3n) is 1.84. The van der Waals surface area contributed by atoms with Gasteiger partial charge in [0.05, 0.1) is 0 Å². The van der Waals surface area contributed by atoms with Crippen LogP contribution < -0.4 is 0 Å². The van der Waals surface area contributed by atoms with E-state index in [0.717, 1.165) is 12.8 Å². The van der Waals surface area contributed by atoms with Crippen LogP contribution in [0.1, 0.15) is 19.8 Å². The van der Waals surface area contributed by atoms with Crippen LogP contribution in [-0.2, 0) is 8.85 Å². The molecule has 0 radical (unpaired) electrons. The molecule has 0 heterocycles. The van der Waals surface area contributed by atoms with Crippen molar-refractivity contribution >= 4 is 16.6 Å². The first-order valence-corrected chi connectivity index (χ1v) is 12.9. The van der Waals surface area contributed by atoms with Crippen molar-refractivity contribution in [2.24, 2.45) is 0 Å². The van der Waals surface area contributed by atoms with E-state index in [9.17, 15) is 5.11 Å².